The number of amides is 3. The first-order chi connectivity index (χ1) is 25.4. The number of hydrogen-bond donors (Lipinski definition) is 4. The van der Waals surface area contributed by atoms with E-state index in [0.717, 1.165) is 32.7 Å². The molecule has 0 unspecified atom stereocenters. The molecule has 0 saturated heterocycles. The Balaban J connectivity index is 1.39. The van der Waals surface area contributed by atoms with Gasteiger partial charge in [-0.3, -0.25) is 9.59 Å². The molecule has 0 saturated carbocycles. The van der Waals surface area contributed by atoms with Crippen LogP contribution in [-0.4, -0.2) is 60.4 Å². The molecule has 0 heterocycles. The van der Waals surface area contributed by atoms with Gasteiger partial charge in [-0.25, -0.2) is 9.59 Å². The topological polar surface area (TPSA) is 152 Å². The van der Waals surface area contributed by atoms with Crippen molar-refractivity contribution in [3.05, 3.63) is 115 Å². The minimum Gasteiger partial charge on any atom is -0.489 e. The molecule has 274 valence electrons. The Morgan fingerprint density at radius 2 is 1.43 bits per heavy atom. The highest BCUT2D eigenvalue weighted by Crippen LogP contribution is 2.45. The minimum atomic E-state index is -1.15. The van der Waals surface area contributed by atoms with E-state index in [-0.39, 0.29) is 30.8 Å². The summed E-state index contributed by atoms with van der Waals surface area (Å²) < 4.78 is 17.7. The normalized spacial score (nSPS) is 11.7. The van der Waals surface area contributed by atoms with Crippen molar-refractivity contribution in [3.8, 4) is 22.6 Å². The lowest BCUT2D eigenvalue weighted by atomic mass is 9.92. The minimum absolute atomic E-state index is 0.00576. The third kappa shape index (κ3) is 10.1. The number of anilines is 1. The van der Waals surface area contributed by atoms with Crippen LogP contribution >= 0.6 is 0 Å². The molecule has 4 N–H and O–H groups in total. The Bertz CT molecular complexity index is 2140. The number of rotatable bonds is 15. The van der Waals surface area contributed by atoms with Crippen molar-refractivity contribution in [3.63, 3.8) is 0 Å². The maximum Gasteiger partial charge on any atom is 0.407 e. The van der Waals surface area contributed by atoms with Gasteiger partial charge in [0.25, 0.3) is 5.91 Å². The maximum atomic E-state index is 13.5. The molecular formula is C42H43N3O8. The van der Waals surface area contributed by atoms with Gasteiger partial charge < -0.3 is 35.3 Å². The number of carboxylic acids is 1. The molecule has 0 aliphatic heterocycles. The smallest absolute Gasteiger partial charge is 0.407 e. The summed E-state index contributed by atoms with van der Waals surface area (Å²) in [7, 11) is 0. The highest BCUT2D eigenvalue weighted by Gasteiger charge is 2.24. The molecule has 0 aromatic heterocycles. The van der Waals surface area contributed by atoms with Gasteiger partial charge in [-0.15, -0.1) is 0 Å². The fraction of sp³-hybridized carbons (Fsp3) is 0.238. The van der Waals surface area contributed by atoms with E-state index in [1.807, 2.05) is 72.8 Å². The monoisotopic (exact) mass is 717 g/mol. The van der Waals surface area contributed by atoms with Crippen LogP contribution < -0.4 is 25.4 Å². The molecule has 5 aromatic carbocycles. The molecule has 5 rings (SSSR count). The van der Waals surface area contributed by atoms with E-state index >= 15 is 0 Å². The molecule has 0 aliphatic carbocycles. The van der Waals surface area contributed by atoms with Gasteiger partial charge in [0, 0.05) is 23.4 Å². The van der Waals surface area contributed by atoms with Gasteiger partial charge in [0.1, 0.15) is 29.7 Å². The zero-order valence-corrected chi connectivity index (χ0v) is 29.9. The van der Waals surface area contributed by atoms with Crippen molar-refractivity contribution < 1.29 is 38.5 Å². The van der Waals surface area contributed by atoms with Crippen molar-refractivity contribution >= 4 is 51.1 Å². The van der Waals surface area contributed by atoms with Crippen molar-refractivity contribution in [2.45, 2.75) is 45.3 Å². The summed E-state index contributed by atoms with van der Waals surface area (Å²) >= 11 is 0. The second kappa shape index (κ2) is 17.2. The number of carbonyl (C=O) groups is 4. The van der Waals surface area contributed by atoms with E-state index in [0.29, 0.717) is 17.9 Å². The summed E-state index contributed by atoms with van der Waals surface area (Å²) in [4.78, 5) is 50.7. The van der Waals surface area contributed by atoms with Crippen LogP contribution in [0.4, 0.5) is 10.5 Å². The maximum absolute atomic E-state index is 13.5. The molecule has 11 heteroatoms. The lowest BCUT2D eigenvalue weighted by Gasteiger charge is -2.21. The zero-order chi connectivity index (χ0) is 38.0. The molecule has 5 aromatic rings. The van der Waals surface area contributed by atoms with Gasteiger partial charge in [-0.05, 0) is 85.5 Å². The second-order valence-electron chi connectivity index (χ2n) is 13.3. The number of alkyl carbamates (subject to hydrolysis) is 1. The average Bonchev–Trinajstić information content (AvgIpc) is 3.13. The van der Waals surface area contributed by atoms with Crippen LogP contribution in [0.5, 0.6) is 11.5 Å². The van der Waals surface area contributed by atoms with Crippen LogP contribution in [-0.2, 0) is 14.3 Å². The molecule has 53 heavy (non-hydrogen) atoms. The number of ether oxygens (including phenoxy) is 3. The van der Waals surface area contributed by atoms with Crippen LogP contribution in [0.2, 0.25) is 0 Å². The van der Waals surface area contributed by atoms with E-state index in [2.05, 4.69) is 22.5 Å². The first-order valence-electron chi connectivity index (χ1n) is 17.2. The number of benzene rings is 5. The summed E-state index contributed by atoms with van der Waals surface area (Å²) in [6, 6.07) is 28.2. The number of carboxylic acid groups (broad SMARTS) is 1. The summed E-state index contributed by atoms with van der Waals surface area (Å²) in [6.45, 7) is 9.10. The largest absolute Gasteiger partial charge is 0.489 e. The summed E-state index contributed by atoms with van der Waals surface area (Å²) in [5.41, 5.74) is 1.11. The van der Waals surface area contributed by atoms with Gasteiger partial charge in [0.15, 0.2) is 6.61 Å². The van der Waals surface area contributed by atoms with Gasteiger partial charge in [0.05, 0.1) is 5.56 Å². The van der Waals surface area contributed by atoms with Crippen LogP contribution in [0.15, 0.2) is 110 Å². The molecule has 0 bridgehead atoms. The van der Waals surface area contributed by atoms with E-state index in [9.17, 15) is 24.3 Å². The molecule has 0 spiro atoms. The number of fused-ring (bicyclic) bond motifs is 2. The third-order valence-electron chi connectivity index (χ3n) is 8.11. The van der Waals surface area contributed by atoms with Crippen LogP contribution in [0.3, 0.4) is 0 Å². The van der Waals surface area contributed by atoms with Crippen LogP contribution in [0.1, 0.15) is 44.0 Å². The predicted molar refractivity (Wildman–Crippen MR) is 206 cm³/mol. The number of nitrogens with one attached hydrogen (secondary N) is 3. The van der Waals surface area contributed by atoms with Crippen LogP contribution in [0, 0.1) is 0 Å². The third-order valence-corrected chi connectivity index (χ3v) is 8.11. The zero-order valence-electron chi connectivity index (χ0n) is 29.9. The number of aromatic carboxylic acids is 1. The van der Waals surface area contributed by atoms with Crippen molar-refractivity contribution in [1.82, 2.24) is 10.6 Å². The molecule has 0 aliphatic rings. The Morgan fingerprint density at radius 1 is 0.811 bits per heavy atom. The van der Waals surface area contributed by atoms with Gasteiger partial charge >= 0.3 is 12.1 Å². The highest BCUT2D eigenvalue weighted by atomic mass is 16.6. The summed E-state index contributed by atoms with van der Waals surface area (Å²) in [5, 5.41) is 21.3. The lowest BCUT2D eigenvalue weighted by Crippen LogP contribution is -2.46. The number of hydrogen-bond acceptors (Lipinski definition) is 7. The molecule has 1 atom stereocenters. The van der Waals surface area contributed by atoms with Crippen molar-refractivity contribution in [2.75, 3.05) is 25.1 Å². The first-order valence-corrected chi connectivity index (χ1v) is 17.2. The quantitative estimate of drug-likeness (QED) is 0.0634. The first kappa shape index (κ1) is 37.9. The van der Waals surface area contributed by atoms with Crippen molar-refractivity contribution in [2.24, 2.45) is 0 Å². The highest BCUT2D eigenvalue weighted by molar-refractivity contribution is 6.10. The fourth-order valence-corrected chi connectivity index (χ4v) is 5.83. The Kier molecular flexibility index (Phi) is 12.3. The second-order valence-corrected chi connectivity index (χ2v) is 13.3. The van der Waals surface area contributed by atoms with E-state index in [1.54, 1.807) is 32.9 Å². The van der Waals surface area contributed by atoms with E-state index < -0.39 is 42.1 Å². The molecule has 0 fully saturated rings. The Morgan fingerprint density at radius 3 is 2.04 bits per heavy atom. The summed E-state index contributed by atoms with van der Waals surface area (Å²) in [5.74, 6) is -1.22. The summed E-state index contributed by atoms with van der Waals surface area (Å²) in [6.07, 6.45) is 1.54. The molecular weight excluding hydrogens is 674 g/mol. The average molecular weight is 718 g/mol. The lowest BCUT2D eigenvalue weighted by molar-refractivity contribution is -0.128. The van der Waals surface area contributed by atoms with Crippen LogP contribution in [0.25, 0.3) is 32.7 Å². The Hall–Kier alpha value is -6.36. The van der Waals surface area contributed by atoms with E-state index in [4.69, 9.17) is 14.2 Å². The van der Waals surface area contributed by atoms with Gasteiger partial charge in [0.2, 0.25) is 5.91 Å². The van der Waals surface area contributed by atoms with Gasteiger partial charge in [-0.1, -0.05) is 79.4 Å². The van der Waals surface area contributed by atoms with Crippen molar-refractivity contribution in [1.29, 1.82) is 0 Å². The Labute approximate surface area is 307 Å². The van der Waals surface area contributed by atoms with Gasteiger partial charge in [-0.2, -0.15) is 0 Å². The molecule has 11 nitrogen and oxygen atoms in total. The predicted octanol–water partition coefficient (Wildman–Crippen LogP) is 7.73. The fourth-order valence-electron chi connectivity index (χ4n) is 5.83. The molecule has 3 amide bonds. The molecule has 0 radical (unpaired) electrons. The number of carbonyl (C=O) groups excluding carboxylic acids is 3. The standard InChI is InChI=1S/C42H43N3O8/c1-5-24-51-34-21-19-27-12-6-8-16-31(27)37(34)38-32-17-9-7-13-28(32)20-22-35(38)52-26-36(46)45-33(18-11-23-43-41(50)53-42(2,3)4)39(47)44-30-15-10-14-29(25-30)40(48)49/h5-10,12-17,19-22,25,33H,1,11,18,23-24,26H2,2-4H3,(H,43,50)(H,44,47)(H,45,46)(H,48,49)/t33-/m1/s1. The SMILES string of the molecule is C=CCOc1ccc2ccccc2c1-c1c(OCC(=O)N[C@H](CCCNC(=O)OC(C)(C)C)C(=O)Nc2cccc(C(=O)O)c2)ccc2ccccc12. The van der Waals surface area contributed by atoms with E-state index in [1.165, 1.54) is 18.2 Å².